The zero-order valence-corrected chi connectivity index (χ0v) is 13.9. The molecule has 7 nitrogen and oxygen atoms in total. The van der Waals surface area contributed by atoms with Crippen LogP contribution >= 0.6 is 0 Å². The van der Waals surface area contributed by atoms with Crippen molar-refractivity contribution in [2.75, 3.05) is 6.61 Å². The number of nitrogens with zero attached hydrogens (tertiary/aromatic N) is 2. The van der Waals surface area contributed by atoms with E-state index in [1.807, 2.05) is 0 Å². The van der Waals surface area contributed by atoms with Gasteiger partial charge in [-0.05, 0) is 38.2 Å². The molecule has 2 N–H and O–H groups in total. The van der Waals surface area contributed by atoms with Crippen molar-refractivity contribution >= 4 is 11.6 Å². The molecule has 130 valence electrons. The first-order valence-corrected chi connectivity index (χ1v) is 8.54. The van der Waals surface area contributed by atoms with E-state index in [1.165, 1.54) is 25.0 Å². The second-order valence-electron chi connectivity index (χ2n) is 6.49. The van der Waals surface area contributed by atoms with Gasteiger partial charge in [-0.25, -0.2) is 4.99 Å². The number of ether oxygens (including phenoxy) is 1. The van der Waals surface area contributed by atoms with Crippen LogP contribution in [0.1, 0.15) is 38.2 Å². The Kier molecular flexibility index (Phi) is 5.30. The predicted molar refractivity (Wildman–Crippen MR) is 92.0 cm³/mol. The molecule has 1 saturated heterocycles. The summed E-state index contributed by atoms with van der Waals surface area (Å²) in [5.41, 5.74) is 1.05. The summed E-state index contributed by atoms with van der Waals surface area (Å²) < 4.78 is 5.73. The van der Waals surface area contributed by atoms with Gasteiger partial charge in [0.25, 0.3) is 5.69 Å². The molecule has 0 spiro atoms. The van der Waals surface area contributed by atoms with Gasteiger partial charge >= 0.3 is 0 Å². The van der Waals surface area contributed by atoms with Crippen LogP contribution in [0.5, 0.6) is 0 Å². The molecular formula is C17H24N4O3. The molecule has 0 aromatic heterocycles. The van der Waals surface area contributed by atoms with Crippen LogP contribution in [-0.4, -0.2) is 35.7 Å². The maximum atomic E-state index is 10.7. The molecule has 2 fully saturated rings. The molecular weight excluding hydrogens is 308 g/mol. The largest absolute Gasteiger partial charge is 0.376 e. The van der Waals surface area contributed by atoms with Crippen molar-refractivity contribution in [3.63, 3.8) is 0 Å². The van der Waals surface area contributed by atoms with E-state index in [1.54, 1.807) is 12.1 Å². The minimum Gasteiger partial charge on any atom is -0.376 e. The van der Waals surface area contributed by atoms with Crippen molar-refractivity contribution < 1.29 is 9.66 Å². The number of non-ortho nitro benzene ring substituents is 1. The van der Waals surface area contributed by atoms with Gasteiger partial charge in [-0.15, -0.1) is 0 Å². The van der Waals surface area contributed by atoms with Gasteiger partial charge in [0.1, 0.15) is 0 Å². The van der Waals surface area contributed by atoms with Gasteiger partial charge < -0.3 is 15.4 Å². The monoisotopic (exact) mass is 332 g/mol. The van der Waals surface area contributed by atoms with Crippen LogP contribution in [0, 0.1) is 10.1 Å². The molecule has 1 aliphatic heterocycles. The number of hydrogen-bond donors (Lipinski definition) is 2. The number of benzene rings is 1. The molecule has 2 aliphatic rings. The highest BCUT2D eigenvalue weighted by Gasteiger charge is 2.26. The van der Waals surface area contributed by atoms with E-state index in [0.29, 0.717) is 12.6 Å². The van der Waals surface area contributed by atoms with E-state index in [-0.39, 0.29) is 17.8 Å². The smallest absolute Gasteiger partial charge is 0.269 e. The summed E-state index contributed by atoms with van der Waals surface area (Å²) in [6, 6.07) is 7.24. The van der Waals surface area contributed by atoms with E-state index >= 15 is 0 Å². The summed E-state index contributed by atoms with van der Waals surface area (Å²) in [6.07, 6.45) is 4.77. The average molecular weight is 332 g/mol. The molecule has 2 atom stereocenters. The number of rotatable bonds is 6. The standard InChI is InChI=1S/C17H24N4O3/c1-12(16-3-2-10-24-16)19-17(20-14-6-7-14)18-11-13-4-8-15(9-5-13)21(22)23/h4-5,8-9,12,14,16H,2-3,6-7,10-11H2,1H3,(H2,18,19,20). The van der Waals surface area contributed by atoms with Crippen molar-refractivity contribution in [1.82, 2.24) is 10.6 Å². The lowest BCUT2D eigenvalue weighted by atomic mass is 10.1. The van der Waals surface area contributed by atoms with E-state index in [0.717, 1.165) is 31.0 Å². The highest BCUT2D eigenvalue weighted by atomic mass is 16.6. The maximum absolute atomic E-state index is 10.7. The minimum absolute atomic E-state index is 0.101. The topological polar surface area (TPSA) is 88.8 Å². The minimum atomic E-state index is -0.391. The predicted octanol–water partition coefficient (Wildman–Crippen LogP) is 2.36. The van der Waals surface area contributed by atoms with Crippen molar-refractivity contribution in [2.45, 2.75) is 57.3 Å². The highest BCUT2D eigenvalue weighted by molar-refractivity contribution is 5.80. The first kappa shape index (κ1) is 16.7. The molecule has 24 heavy (non-hydrogen) atoms. The van der Waals surface area contributed by atoms with E-state index in [9.17, 15) is 10.1 Å². The molecule has 1 heterocycles. The Morgan fingerprint density at radius 2 is 2.12 bits per heavy atom. The third-order valence-corrected chi connectivity index (χ3v) is 4.37. The van der Waals surface area contributed by atoms with Gasteiger partial charge in [-0.3, -0.25) is 10.1 Å². The second kappa shape index (κ2) is 7.61. The summed E-state index contributed by atoms with van der Waals surface area (Å²) in [4.78, 5) is 14.9. The van der Waals surface area contributed by atoms with Gasteiger partial charge in [0.15, 0.2) is 5.96 Å². The molecule has 0 radical (unpaired) electrons. The number of guanidine groups is 1. The number of hydrogen-bond acceptors (Lipinski definition) is 4. The lowest BCUT2D eigenvalue weighted by molar-refractivity contribution is -0.384. The number of nitro groups is 1. The normalized spacial score (nSPS) is 22.2. The molecule has 7 heteroatoms. The number of aliphatic imine (C=N–C) groups is 1. The van der Waals surface area contributed by atoms with Gasteiger partial charge in [0, 0.05) is 24.8 Å². The Bertz CT molecular complexity index is 592. The van der Waals surface area contributed by atoms with Gasteiger partial charge in [0.2, 0.25) is 0 Å². The van der Waals surface area contributed by atoms with Gasteiger partial charge in [-0.2, -0.15) is 0 Å². The molecule has 1 aliphatic carbocycles. The fraction of sp³-hybridized carbons (Fsp3) is 0.588. The van der Waals surface area contributed by atoms with Crippen molar-refractivity contribution in [2.24, 2.45) is 4.99 Å². The van der Waals surface area contributed by atoms with Gasteiger partial charge in [-0.1, -0.05) is 12.1 Å². The van der Waals surface area contributed by atoms with Crippen LogP contribution in [-0.2, 0) is 11.3 Å². The Balaban J connectivity index is 1.61. The summed E-state index contributed by atoms with van der Waals surface area (Å²) in [6.45, 7) is 3.44. The van der Waals surface area contributed by atoms with Crippen LogP contribution in [0.15, 0.2) is 29.3 Å². The van der Waals surface area contributed by atoms with Crippen LogP contribution < -0.4 is 10.6 Å². The fourth-order valence-corrected chi connectivity index (χ4v) is 2.75. The summed E-state index contributed by atoms with van der Waals surface area (Å²) in [7, 11) is 0. The lowest BCUT2D eigenvalue weighted by Gasteiger charge is -2.22. The maximum Gasteiger partial charge on any atom is 0.269 e. The molecule has 0 amide bonds. The first-order valence-electron chi connectivity index (χ1n) is 8.54. The SMILES string of the molecule is CC(NC(=NCc1ccc([N+](=O)[O-])cc1)NC1CC1)C1CCCO1. The molecule has 2 unspecified atom stereocenters. The third-order valence-electron chi connectivity index (χ3n) is 4.37. The van der Waals surface area contributed by atoms with Crippen LogP contribution in [0.25, 0.3) is 0 Å². The van der Waals surface area contributed by atoms with Crippen molar-refractivity contribution in [1.29, 1.82) is 0 Å². The van der Waals surface area contributed by atoms with Crippen LogP contribution in [0.2, 0.25) is 0 Å². The zero-order chi connectivity index (χ0) is 16.9. The molecule has 3 rings (SSSR count). The fourth-order valence-electron chi connectivity index (χ4n) is 2.75. The quantitative estimate of drug-likeness (QED) is 0.361. The number of nitrogens with one attached hydrogen (secondary N) is 2. The second-order valence-corrected chi connectivity index (χ2v) is 6.49. The highest BCUT2D eigenvalue weighted by Crippen LogP contribution is 2.19. The van der Waals surface area contributed by atoms with Crippen LogP contribution in [0.4, 0.5) is 5.69 Å². The molecule has 0 bridgehead atoms. The number of nitro benzene ring substituents is 1. The van der Waals surface area contributed by atoms with E-state index in [4.69, 9.17) is 4.74 Å². The van der Waals surface area contributed by atoms with E-state index in [2.05, 4.69) is 22.5 Å². The Labute approximate surface area is 141 Å². The summed E-state index contributed by atoms with van der Waals surface area (Å²) in [5, 5.41) is 17.6. The van der Waals surface area contributed by atoms with Gasteiger partial charge in [0.05, 0.1) is 23.6 Å². The summed E-state index contributed by atoms with van der Waals surface area (Å²) >= 11 is 0. The third kappa shape index (κ3) is 4.67. The Morgan fingerprint density at radius 1 is 1.38 bits per heavy atom. The molecule has 1 aromatic carbocycles. The van der Waals surface area contributed by atoms with E-state index < -0.39 is 4.92 Å². The van der Waals surface area contributed by atoms with Crippen LogP contribution in [0.3, 0.4) is 0 Å². The Hall–Kier alpha value is -2.15. The van der Waals surface area contributed by atoms with Crippen molar-refractivity contribution in [3.8, 4) is 0 Å². The molecule has 1 aromatic rings. The first-order chi connectivity index (χ1) is 11.6. The summed E-state index contributed by atoms with van der Waals surface area (Å²) in [5.74, 6) is 0.791. The zero-order valence-electron chi connectivity index (χ0n) is 13.9. The lowest BCUT2D eigenvalue weighted by Crippen LogP contribution is -2.47. The Morgan fingerprint density at radius 3 is 2.71 bits per heavy atom. The van der Waals surface area contributed by atoms with Crippen molar-refractivity contribution in [3.05, 3.63) is 39.9 Å². The average Bonchev–Trinajstić information content (AvgIpc) is 3.22. The molecule has 1 saturated carbocycles.